The topological polar surface area (TPSA) is 236 Å². The Morgan fingerprint density at radius 1 is 0.667 bits per heavy atom. The van der Waals surface area contributed by atoms with Crippen LogP contribution in [-0.2, 0) is 51.3 Å². The summed E-state index contributed by atoms with van der Waals surface area (Å²) in [6.07, 6.45) is 0.489. The van der Waals surface area contributed by atoms with E-state index in [0.717, 1.165) is 11.1 Å². The van der Waals surface area contributed by atoms with Crippen LogP contribution in [0.3, 0.4) is 0 Å². The Kier molecular flexibility index (Phi) is 21.3. The quantitative estimate of drug-likeness (QED) is 0.101. The number of aliphatic hydroxyl groups is 1. The van der Waals surface area contributed by atoms with Gasteiger partial charge in [-0.2, -0.15) is 0 Å². The molecule has 0 aromatic heterocycles. The molecule has 2 aromatic carbocycles. The molecule has 2 heterocycles. The Morgan fingerprint density at radius 2 is 1.19 bits per heavy atom. The molecule has 2 fully saturated rings. The number of amides is 8. The van der Waals surface area contributed by atoms with E-state index in [4.69, 9.17) is 9.47 Å². The van der Waals surface area contributed by atoms with Crippen molar-refractivity contribution in [3.63, 3.8) is 0 Å². The summed E-state index contributed by atoms with van der Waals surface area (Å²) in [6.45, 7) is 11.1. The maximum absolute atomic E-state index is 14.5. The lowest BCUT2D eigenvalue weighted by molar-refractivity contribution is -0.150. The van der Waals surface area contributed by atoms with E-state index >= 15 is 0 Å². The minimum atomic E-state index is -1.26. The summed E-state index contributed by atoms with van der Waals surface area (Å²) in [5.74, 6) is -2.79. The highest BCUT2D eigenvalue weighted by atomic mass is 16.5. The first-order valence-corrected chi connectivity index (χ1v) is 24.0. The maximum Gasteiger partial charge on any atom is 0.408 e. The number of nitrogens with one attached hydrogen (secondary N) is 4. The predicted octanol–water partition coefficient (Wildman–Crippen LogP) is 2.38. The highest BCUT2D eigenvalue weighted by Gasteiger charge is 2.42. The van der Waals surface area contributed by atoms with E-state index in [1.165, 1.54) is 54.7 Å². The number of methoxy groups -OCH3 is 1. The zero-order chi connectivity index (χ0) is 50.9. The van der Waals surface area contributed by atoms with Gasteiger partial charge in [0.05, 0.1) is 7.11 Å². The van der Waals surface area contributed by atoms with Gasteiger partial charge in [-0.25, -0.2) is 4.79 Å². The third-order valence-corrected chi connectivity index (χ3v) is 12.5. The molecule has 19 heteroatoms. The smallest absolute Gasteiger partial charge is 0.408 e. The summed E-state index contributed by atoms with van der Waals surface area (Å²) in [4.78, 5) is 114. The van der Waals surface area contributed by atoms with Crippen LogP contribution in [0.1, 0.15) is 91.2 Å². The number of ether oxygens (including phenoxy) is 2. The van der Waals surface area contributed by atoms with E-state index in [2.05, 4.69) is 21.3 Å². The molecule has 0 saturated carbocycles. The molecule has 4 rings (SSSR count). The van der Waals surface area contributed by atoms with Crippen LogP contribution in [0.15, 0.2) is 54.6 Å². The van der Waals surface area contributed by atoms with Crippen LogP contribution < -0.4 is 26.0 Å². The van der Waals surface area contributed by atoms with Gasteiger partial charge in [-0.15, -0.1) is 0 Å². The van der Waals surface area contributed by atoms with Crippen LogP contribution in [0.2, 0.25) is 0 Å². The Hall–Kier alpha value is -6.24. The lowest BCUT2D eigenvalue weighted by atomic mass is 10.0. The van der Waals surface area contributed by atoms with Crippen molar-refractivity contribution < 1.29 is 52.9 Å². The Balaban J connectivity index is 1.43. The normalized spacial score (nSPS) is 17.8. The van der Waals surface area contributed by atoms with E-state index in [0.29, 0.717) is 44.4 Å². The first kappa shape index (κ1) is 55.4. The number of likely N-dealkylation sites (N-methyl/N-ethyl adjacent to an activating group) is 2. The Morgan fingerprint density at radius 3 is 1.71 bits per heavy atom. The number of aliphatic hydroxyl groups excluding tert-OH is 1. The molecule has 19 nitrogen and oxygen atoms in total. The van der Waals surface area contributed by atoms with Crippen LogP contribution in [0.4, 0.5) is 4.79 Å². The first-order chi connectivity index (χ1) is 32.7. The number of carbonyl (C=O) groups excluding carboxylic acids is 8. The molecule has 2 aromatic rings. The predicted molar refractivity (Wildman–Crippen MR) is 257 cm³/mol. The summed E-state index contributed by atoms with van der Waals surface area (Å²) in [5, 5.41) is 20.9. The fourth-order valence-electron chi connectivity index (χ4n) is 8.67. The molecule has 380 valence electrons. The van der Waals surface area contributed by atoms with Crippen LogP contribution in [0, 0.1) is 11.8 Å². The SMILES string of the molecule is COc1ccc(CC(C(=O)NCCNC(=O)C(CC(C)C)N(C)C(=O)C2CCCN2C(=O)C(C)O)N(C)C(=O)C2CCCN2C(=O)C(CC(C)C)NC(=O)C(C)NC(=O)OCc2ccccc2)cc1. The number of likely N-dealkylation sites (tertiary alicyclic amines) is 2. The summed E-state index contributed by atoms with van der Waals surface area (Å²) in [7, 11) is 4.58. The highest BCUT2D eigenvalue weighted by Crippen LogP contribution is 2.25. The van der Waals surface area contributed by atoms with Crippen molar-refractivity contribution in [3.8, 4) is 5.75 Å². The molecule has 0 spiro atoms. The number of hydrogen-bond donors (Lipinski definition) is 5. The number of rotatable bonds is 23. The molecule has 5 N–H and O–H groups in total. The molecule has 7 unspecified atom stereocenters. The summed E-state index contributed by atoms with van der Waals surface area (Å²) in [6, 6.07) is 10.5. The Labute approximate surface area is 406 Å². The van der Waals surface area contributed by atoms with Gasteiger partial charge in [0, 0.05) is 46.7 Å². The molecular weight excluding hydrogens is 889 g/mol. The van der Waals surface area contributed by atoms with Crippen LogP contribution in [0.25, 0.3) is 0 Å². The minimum absolute atomic E-state index is 0.00105. The van der Waals surface area contributed by atoms with Gasteiger partial charge in [-0.05, 0) is 87.5 Å². The van der Waals surface area contributed by atoms with Gasteiger partial charge in [0.15, 0.2) is 0 Å². The molecule has 7 atom stereocenters. The first-order valence-electron chi connectivity index (χ1n) is 24.0. The molecule has 0 bridgehead atoms. The van der Waals surface area contributed by atoms with E-state index in [1.807, 2.05) is 45.9 Å². The molecule has 0 aliphatic carbocycles. The van der Waals surface area contributed by atoms with Crippen LogP contribution >= 0.6 is 0 Å². The van der Waals surface area contributed by atoms with Crippen molar-refractivity contribution >= 4 is 47.4 Å². The van der Waals surface area contributed by atoms with Gasteiger partial charge in [0.25, 0.3) is 5.91 Å². The van der Waals surface area contributed by atoms with Gasteiger partial charge in [-0.3, -0.25) is 33.6 Å². The van der Waals surface area contributed by atoms with Gasteiger partial charge >= 0.3 is 6.09 Å². The second-order valence-corrected chi connectivity index (χ2v) is 18.9. The van der Waals surface area contributed by atoms with Crippen molar-refractivity contribution in [1.29, 1.82) is 0 Å². The fraction of sp³-hybridized carbons (Fsp3) is 0.600. The number of benzene rings is 2. The van der Waals surface area contributed by atoms with Gasteiger partial charge < -0.3 is 55.4 Å². The number of nitrogens with zero attached hydrogens (tertiary/aromatic N) is 4. The number of alkyl carbamates (subject to hydrolysis) is 1. The number of carbonyl (C=O) groups is 8. The van der Waals surface area contributed by atoms with Crippen molar-refractivity contribution in [3.05, 3.63) is 65.7 Å². The molecule has 8 amide bonds. The third-order valence-electron chi connectivity index (χ3n) is 12.5. The average Bonchev–Trinajstić information content (AvgIpc) is 4.03. The lowest BCUT2D eigenvalue weighted by Gasteiger charge is -2.34. The van der Waals surface area contributed by atoms with Crippen molar-refractivity contribution in [2.24, 2.45) is 11.8 Å². The van der Waals surface area contributed by atoms with E-state index in [1.54, 1.807) is 36.4 Å². The fourth-order valence-corrected chi connectivity index (χ4v) is 8.67. The minimum Gasteiger partial charge on any atom is -0.497 e. The van der Waals surface area contributed by atoms with Crippen molar-refractivity contribution in [2.75, 3.05) is 47.4 Å². The summed E-state index contributed by atoms with van der Waals surface area (Å²) in [5.41, 5.74) is 1.51. The zero-order valence-electron chi connectivity index (χ0n) is 41.7. The standard InChI is InChI=1S/C50H74N8O11/c1-31(2)27-38(54-43(60)33(5)53-50(67)69-30-36-15-11-10-12-16-36)47(64)58-26-14-18-40(58)49(66)56(8)42(29-35-19-21-37(68-9)22-20-35)45(62)52-24-23-51-44(61)41(28-32(3)4)55(7)48(65)39-17-13-25-57(39)46(63)34(6)59/h10-12,15-16,19-22,31-34,38-42,59H,13-14,17-18,23-30H2,1-9H3,(H,51,61)(H,52,62)(H,53,67)(H,54,60). The molecule has 2 aliphatic rings. The second-order valence-electron chi connectivity index (χ2n) is 18.9. The summed E-state index contributed by atoms with van der Waals surface area (Å²) >= 11 is 0. The Bertz CT molecular complexity index is 2070. The zero-order valence-corrected chi connectivity index (χ0v) is 41.7. The van der Waals surface area contributed by atoms with Gasteiger partial charge in [0.1, 0.15) is 54.7 Å². The highest BCUT2D eigenvalue weighted by molar-refractivity contribution is 5.96. The van der Waals surface area contributed by atoms with E-state index in [-0.39, 0.29) is 50.9 Å². The van der Waals surface area contributed by atoms with Gasteiger partial charge in [0.2, 0.25) is 35.4 Å². The third kappa shape index (κ3) is 15.9. The lowest BCUT2D eigenvalue weighted by Crippen LogP contribution is -2.58. The van der Waals surface area contributed by atoms with E-state index < -0.39 is 89.8 Å². The maximum atomic E-state index is 14.5. The van der Waals surface area contributed by atoms with Gasteiger partial charge in [-0.1, -0.05) is 70.2 Å². The molecule has 69 heavy (non-hydrogen) atoms. The number of hydrogen-bond acceptors (Lipinski definition) is 11. The van der Waals surface area contributed by atoms with Crippen LogP contribution in [-0.4, -0.2) is 162 Å². The second kappa shape index (κ2) is 26.5. The monoisotopic (exact) mass is 963 g/mol. The van der Waals surface area contributed by atoms with Crippen molar-refractivity contribution in [2.45, 2.75) is 135 Å². The molecule has 2 aliphatic heterocycles. The van der Waals surface area contributed by atoms with Crippen molar-refractivity contribution in [1.82, 2.24) is 40.9 Å². The summed E-state index contributed by atoms with van der Waals surface area (Å²) < 4.78 is 10.6. The molecule has 2 saturated heterocycles. The molecular formula is C50H74N8O11. The molecule has 0 radical (unpaired) electrons. The van der Waals surface area contributed by atoms with Crippen LogP contribution in [0.5, 0.6) is 5.75 Å². The average molecular weight is 963 g/mol. The largest absolute Gasteiger partial charge is 0.497 e. The van der Waals surface area contributed by atoms with E-state index in [9.17, 15) is 43.5 Å².